The summed E-state index contributed by atoms with van der Waals surface area (Å²) in [6.07, 6.45) is -0.629. The molecule has 4 heteroatoms. The number of anilines is 1. The van der Waals surface area contributed by atoms with Gasteiger partial charge in [-0.15, -0.1) is 0 Å². The molecule has 0 aliphatic heterocycles. The lowest BCUT2D eigenvalue weighted by atomic mass is 10.1. The Bertz CT molecular complexity index is 647. The molecule has 0 radical (unpaired) electrons. The predicted molar refractivity (Wildman–Crippen MR) is 87.6 cm³/mol. The third-order valence-electron chi connectivity index (χ3n) is 3.47. The number of para-hydroxylation sites is 3. The molecule has 22 heavy (non-hydrogen) atoms. The van der Waals surface area contributed by atoms with Crippen molar-refractivity contribution < 1.29 is 14.3 Å². The summed E-state index contributed by atoms with van der Waals surface area (Å²) < 4.78 is 10.9. The molecule has 0 fully saturated rings. The summed E-state index contributed by atoms with van der Waals surface area (Å²) in [6.45, 7) is 5.65. The van der Waals surface area contributed by atoms with E-state index < -0.39 is 6.10 Å². The fraction of sp³-hybridized carbons (Fsp3) is 0.278. The number of carbonyl (C=O) groups excluding carboxylic acids is 1. The molecule has 4 nitrogen and oxygen atoms in total. The zero-order valence-electron chi connectivity index (χ0n) is 13.3. The lowest BCUT2D eigenvalue weighted by Gasteiger charge is -2.18. The van der Waals surface area contributed by atoms with Crippen LogP contribution in [0, 0.1) is 13.8 Å². The number of ether oxygens (including phenoxy) is 2. The Hall–Kier alpha value is -2.49. The molecule has 116 valence electrons. The molecule has 2 rings (SSSR count). The van der Waals surface area contributed by atoms with Crippen molar-refractivity contribution >= 4 is 11.6 Å². The largest absolute Gasteiger partial charge is 0.493 e. The summed E-state index contributed by atoms with van der Waals surface area (Å²) in [4.78, 5) is 12.3. The Labute approximate surface area is 131 Å². The maximum Gasteiger partial charge on any atom is 0.265 e. The van der Waals surface area contributed by atoms with Crippen molar-refractivity contribution in [1.82, 2.24) is 0 Å². The lowest BCUT2D eigenvalue weighted by molar-refractivity contribution is -0.122. The highest BCUT2D eigenvalue weighted by molar-refractivity contribution is 5.95. The topological polar surface area (TPSA) is 47.6 Å². The van der Waals surface area contributed by atoms with Gasteiger partial charge < -0.3 is 14.8 Å². The second kappa shape index (κ2) is 6.98. The van der Waals surface area contributed by atoms with E-state index in [1.165, 1.54) is 0 Å². The van der Waals surface area contributed by atoms with E-state index in [-0.39, 0.29) is 5.91 Å². The summed E-state index contributed by atoms with van der Waals surface area (Å²) in [7, 11) is 1.57. The highest BCUT2D eigenvalue weighted by Gasteiger charge is 2.18. The van der Waals surface area contributed by atoms with Gasteiger partial charge in [0.15, 0.2) is 17.6 Å². The van der Waals surface area contributed by atoms with Crippen LogP contribution in [0.15, 0.2) is 42.5 Å². The fourth-order valence-corrected chi connectivity index (χ4v) is 2.20. The van der Waals surface area contributed by atoms with Gasteiger partial charge in [-0.3, -0.25) is 4.79 Å². The van der Waals surface area contributed by atoms with Gasteiger partial charge in [0.2, 0.25) is 0 Å². The predicted octanol–water partition coefficient (Wildman–Crippen LogP) is 3.72. The Morgan fingerprint density at radius 3 is 2.18 bits per heavy atom. The Morgan fingerprint density at radius 1 is 1.00 bits per heavy atom. The number of amides is 1. The number of nitrogens with one attached hydrogen (secondary N) is 1. The van der Waals surface area contributed by atoms with E-state index in [1.54, 1.807) is 26.2 Å². The summed E-state index contributed by atoms with van der Waals surface area (Å²) in [5, 5.41) is 2.93. The standard InChI is InChI=1S/C18H21NO3/c1-12-8-7-9-13(2)17(12)19-18(20)14(3)22-16-11-6-5-10-15(16)21-4/h5-11,14H,1-4H3,(H,19,20)/t14-/m0/s1. The van der Waals surface area contributed by atoms with Crippen molar-refractivity contribution in [2.24, 2.45) is 0 Å². The molecule has 0 aliphatic rings. The monoisotopic (exact) mass is 299 g/mol. The molecule has 0 aliphatic carbocycles. The van der Waals surface area contributed by atoms with Gasteiger partial charge in [0, 0.05) is 5.69 Å². The van der Waals surface area contributed by atoms with Crippen LogP contribution in [0.5, 0.6) is 11.5 Å². The maximum atomic E-state index is 12.3. The number of methoxy groups -OCH3 is 1. The average Bonchev–Trinajstić information content (AvgIpc) is 2.51. The van der Waals surface area contributed by atoms with Crippen molar-refractivity contribution in [3.8, 4) is 11.5 Å². The van der Waals surface area contributed by atoms with Gasteiger partial charge in [0.25, 0.3) is 5.91 Å². The molecule has 0 heterocycles. The van der Waals surface area contributed by atoms with Gasteiger partial charge in [-0.05, 0) is 44.0 Å². The molecule has 0 unspecified atom stereocenters. The Morgan fingerprint density at radius 2 is 1.59 bits per heavy atom. The number of benzene rings is 2. The number of rotatable bonds is 5. The molecule has 2 aromatic carbocycles. The minimum Gasteiger partial charge on any atom is -0.493 e. The van der Waals surface area contributed by atoms with Gasteiger partial charge >= 0.3 is 0 Å². The molecule has 0 saturated carbocycles. The molecule has 1 N–H and O–H groups in total. The smallest absolute Gasteiger partial charge is 0.265 e. The average molecular weight is 299 g/mol. The van der Waals surface area contributed by atoms with Crippen molar-refractivity contribution in [1.29, 1.82) is 0 Å². The van der Waals surface area contributed by atoms with Crippen LogP contribution in [0.3, 0.4) is 0 Å². The van der Waals surface area contributed by atoms with E-state index in [2.05, 4.69) is 5.32 Å². The van der Waals surface area contributed by atoms with Crippen molar-refractivity contribution in [2.75, 3.05) is 12.4 Å². The highest BCUT2D eigenvalue weighted by atomic mass is 16.5. The van der Waals surface area contributed by atoms with Crippen molar-refractivity contribution in [3.63, 3.8) is 0 Å². The van der Waals surface area contributed by atoms with Gasteiger partial charge in [0.05, 0.1) is 7.11 Å². The molecule has 0 spiro atoms. The molecule has 1 atom stereocenters. The summed E-state index contributed by atoms with van der Waals surface area (Å²) in [5.74, 6) is 0.965. The minimum atomic E-state index is -0.629. The van der Waals surface area contributed by atoms with Gasteiger partial charge in [-0.1, -0.05) is 30.3 Å². The first-order valence-electron chi connectivity index (χ1n) is 7.19. The molecule has 0 aromatic heterocycles. The second-order valence-corrected chi connectivity index (χ2v) is 5.17. The lowest BCUT2D eigenvalue weighted by Crippen LogP contribution is -2.30. The van der Waals surface area contributed by atoms with Gasteiger partial charge in [-0.25, -0.2) is 0 Å². The van der Waals surface area contributed by atoms with Crippen LogP contribution in [-0.2, 0) is 4.79 Å². The highest BCUT2D eigenvalue weighted by Crippen LogP contribution is 2.27. The van der Waals surface area contributed by atoms with E-state index in [1.807, 2.05) is 44.2 Å². The van der Waals surface area contributed by atoms with Gasteiger partial charge in [-0.2, -0.15) is 0 Å². The number of hydrogen-bond donors (Lipinski definition) is 1. The van der Waals surface area contributed by atoms with E-state index in [0.29, 0.717) is 11.5 Å². The first kappa shape index (κ1) is 15.9. The van der Waals surface area contributed by atoms with Crippen LogP contribution in [0.2, 0.25) is 0 Å². The quantitative estimate of drug-likeness (QED) is 0.915. The third-order valence-corrected chi connectivity index (χ3v) is 3.47. The molecule has 0 bridgehead atoms. The van der Waals surface area contributed by atoms with Crippen LogP contribution in [0.25, 0.3) is 0 Å². The van der Waals surface area contributed by atoms with E-state index >= 15 is 0 Å². The zero-order valence-corrected chi connectivity index (χ0v) is 13.3. The molecular formula is C18H21NO3. The normalized spacial score (nSPS) is 11.6. The van der Waals surface area contributed by atoms with Gasteiger partial charge in [0.1, 0.15) is 0 Å². The SMILES string of the molecule is COc1ccccc1O[C@@H](C)C(=O)Nc1c(C)cccc1C. The molecule has 2 aromatic rings. The van der Waals surface area contributed by atoms with Crippen LogP contribution < -0.4 is 14.8 Å². The summed E-state index contributed by atoms with van der Waals surface area (Å²) >= 11 is 0. The Kier molecular flexibility index (Phi) is 5.04. The zero-order chi connectivity index (χ0) is 16.1. The van der Waals surface area contributed by atoms with E-state index in [4.69, 9.17) is 9.47 Å². The van der Waals surface area contributed by atoms with Crippen LogP contribution in [0.4, 0.5) is 5.69 Å². The summed E-state index contributed by atoms with van der Waals surface area (Å²) in [6, 6.07) is 13.2. The summed E-state index contributed by atoms with van der Waals surface area (Å²) in [5.41, 5.74) is 2.89. The van der Waals surface area contributed by atoms with Crippen LogP contribution in [0.1, 0.15) is 18.1 Å². The second-order valence-electron chi connectivity index (χ2n) is 5.17. The number of carbonyl (C=O) groups is 1. The first-order valence-corrected chi connectivity index (χ1v) is 7.19. The minimum absolute atomic E-state index is 0.191. The molecule has 0 saturated heterocycles. The number of aryl methyl sites for hydroxylation is 2. The van der Waals surface area contributed by atoms with Crippen molar-refractivity contribution in [3.05, 3.63) is 53.6 Å². The van der Waals surface area contributed by atoms with Crippen LogP contribution in [-0.4, -0.2) is 19.1 Å². The fourth-order valence-electron chi connectivity index (χ4n) is 2.20. The van der Waals surface area contributed by atoms with E-state index in [0.717, 1.165) is 16.8 Å². The Balaban J connectivity index is 2.10. The third kappa shape index (κ3) is 3.58. The number of hydrogen-bond acceptors (Lipinski definition) is 3. The molecular weight excluding hydrogens is 278 g/mol. The first-order chi connectivity index (χ1) is 10.5. The molecule has 1 amide bonds. The van der Waals surface area contributed by atoms with Crippen LogP contribution >= 0.6 is 0 Å². The van der Waals surface area contributed by atoms with E-state index in [9.17, 15) is 4.79 Å². The van der Waals surface area contributed by atoms with Crippen molar-refractivity contribution in [2.45, 2.75) is 26.9 Å². The maximum absolute atomic E-state index is 12.3.